The van der Waals surface area contributed by atoms with Gasteiger partial charge in [-0.05, 0) is 42.0 Å². The van der Waals surface area contributed by atoms with Crippen LogP contribution in [0.4, 0.5) is 0 Å². The van der Waals surface area contributed by atoms with Crippen molar-refractivity contribution in [2.75, 3.05) is 0 Å². The average Bonchev–Trinajstić information content (AvgIpc) is 3.09. The van der Waals surface area contributed by atoms with Crippen molar-refractivity contribution in [2.24, 2.45) is 0 Å². The van der Waals surface area contributed by atoms with Crippen LogP contribution in [0.2, 0.25) is 0 Å². The predicted octanol–water partition coefficient (Wildman–Crippen LogP) is 4.78. The fourth-order valence-corrected chi connectivity index (χ4v) is 2.53. The molecule has 3 aromatic carbocycles. The molecule has 24 heavy (non-hydrogen) atoms. The van der Waals surface area contributed by atoms with E-state index in [2.05, 4.69) is 22.3 Å². The Morgan fingerprint density at radius 1 is 0.875 bits per heavy atom. The number of nitrogens with zero attached hydrogens (tertiary/aromatic N) is 2. The smallest absolute Gasteiger partial charge is 0.254 e. The maximum atomic E-state index is 5.77. The van der Waals surface area contributed by atoms with Gasteiger partial charge in [0.05, 0.1) is 0 Å². The van der Waals surface area contributed by atoms with E-state index in [1.54, 1.807) is 0 Å². The molecule has 0 unspecified atom stereocenters. The molecule has 4 aromatic rings. The van der Waals surface area contributed by atoms with E-state index in [9.17, 15) is 0 Å². The van der Waals surface area contributed by atoms with E-state index >= 15 is 0 Å². The van der Waals surface area contributed by atoms with Gasteiger partial charge in [0, 0.05) is 5.56 Å². The standard InChI is InChI=1S/C20H16N2O2/c1-14-6-8-16(9-7-14)20-22-21-19(24-20)13-23-18-11-10-15-4-2-3-5-17(15)12-18/h2-12H,13H2,1H3. The third-order valence-electron chi connectivity index (χ3n) is 3.85. The maximum Gasteiger partial charge on any atom is 0.254 e. The first-order valence-corrected chi connectivity index (χ1v) is 7.79. The molecule has 4 nitrogen and oxygen atoms in total. The van der Waals surface area contributed by atoms with Crippen molar-refractivity contribution in [3.8, 4) is 17.2 Å². The summed E-state index contributed by atoms with van der Waals surface area (Å²) < 4.78 is 11.4. The van der Waals surface area contributed by atoms with E-state index in [1.165, 1.54) is 10.9 Å². The van der Waals surface area contributed by atoms with Gasteiger partial charge in [0.2, 0.25) is 5.89 Å². The first kappa shape index (κ1) is 14.5. The molecule has 0 saturated carbocycles. The molecular weight excluding hydrogens is 300 g/mol. The zero-order chi connectivity index (χ0) is 16.4. The predicted molar refractivity (Wildman–Crippen MR) is 92.8 cm³/mol. The molecule has 0 aliphatic heterocycles. The fraction of sp³-hybridized carbons (Fsp3) is 0.100. The quantitative estimate of drug-likeness (QED) is 0.544. The Kier molecular flexibility index (Phi) is 3.71. The minimum Gasteiger partial charge on any atom is -0.484 e. The highest BCUT2D eigenvalue weighted by molar-refractivity contribution is 5.83. The van der Waals surface area contributed by atoms with Crippen LogP contribution in [0.25, 0.3) is 22.2 Å². The van der Waals surface area contributed by atoms with E-state index in [4.69, 9.17) is 9.15 Å². The molecule has 4 heteroatoms. The highest BCUT2D eigenvalue weighted by Gasteiger charge is 2.09. The Morgan fingerprint density at radius 3 is 2.50 bits per heavy atom. The molecule has 1 heterocycles. The Morgan fingerprint density at radius 2 is 1.67 bits per heavy atom. The van der Waals surface area contributed by atoms with Crippen molar-refractivity contribution in [3.63, 3.8) is 0 Å². The zero-order valence-corrected chi connectivity index (χ0v) is 13.3. The van der Waals surface area contributed by atoms with Crippen LogP contribution in [0.5, 0.6) is 5.75 Å². The van der Waals surface area contributed by atoms with Crippen molar-refractivity contribution in [1.82, 2.24) is 10.2 Å². The van der Waals surface area contributed by atoms with Gasteiger partial charge in [0.15, 0.2) is 6.61 Å². The molecule has 0 amide bonds. The lowest BCUT2D eigenvalue weighted by Crippen LogP contribution is -1.95. The van der Waals surface area contributed by atoms with Crippen molar-refractivity contribution >= 4 is 10.8 Å². The van der Waals surface area contributed by atoms with Gasteiger partial charge in [-0.15, -0.1) is 10.2 Å². The molecule has 0 spiro atoms. The van der Waals surface area contributed by atoms with Crippen molar-refractivity contribution in [2.45, 2.75) is 13.5 Å². The Balaban J connectivity index is 1.48. The van der Waals surface area contributed by atoms with Crippen LogP contribution in [0.3, 0.4) is 0 Å². The summed E-state index contributed by atoms with van der Waals surface area (Å²) in [5.74, 6) is 1.75. The van der Waals surface area contributed by atoms with Crippen LogP contribution in [-0.4, -0.2) is 10.2 Å². The summed E-state index contributed by atoms with van der Waals surface area (Å²) in [7, 11) is 0. The molecule has 4 rings (SSSR count). The summed E-state index contributed by atoms with van der Waals surface area (Å²) >= 11 is 0. The van der Waals surface area contributed by atoms with E-state index in [-0.39, 0.29) is 6.61 Å². The molecule has 0 bridgehead atoms. The van der Waals surface area contributed by atoms with Gasteiger partial charge in [0.1, 0.15) is 5.75 Å². The monoisotopic (exact) mass is 316 g/mol. The van der Waals surface area contributed by atoms with Gasteiger partial charge in [-0.25, -0.2) is 0 Å². The van der Waals surface area contributed by atoms with Gasteiger partial charge >= 0.3 is 0 Å². The molecule has 118 valence electrons. The highest BCUT2D eigenvalue weighted by Crippen LogP contribution is 2.22. The lowest BCUT2D eigenvalue weighted by atomic mass is 10.1. The average molecular weight is 316 g/mol. The van der Waals surface area contributed by atoms with E-state index in [1.807, 2.05) is 61.5 Å². The van der Waals surface area contributed by atoms with Gasteiger partial charge in [-0.1, -0.05) is 48.0 Å². The number of aromatic nitrogens is 2. The maximum absolute atomic E-state index is 5.77. The fourth-order valence-electron chi connectivity index (χ4n) is 2.53. The van der Waals surface area contributed by atoms with Crippen molar-refractivity contribution in [3.05, 3.63) is 78.2 Å². The Bertz CT molecular complexity index is 974. The number of benzene rings is 3. The largest absolute Gasteiger partial charge is 0.484 e. The molecule has 0 aliphatic carbocycles. The zero-order valence-electron chi connectivity index (χ0n) is 13.3. The number of aryl methyl sites for hydroxylation is 1. The molecular formula is C20H16N2O2. The van der Waals surface area contributed by atoms with Gasteiger partial charge in [-0.2, -0.15) is 0 Å². The molecule has 0 aliphatic rings. The first-order valence-electron chi connectivity index (χ1n) is 7.79. The molecule has 0 saturated heterocycles. The molecule has 1 aromatic heterocycles. The topological polar surface area (TPSA) is 48.2 Å². The van der Waals surface area contributed by atoms with Crippen LogP contribution in [-0.2, 0) is 6.61 Å². The van der Waals surface area contributed by atoms with Gasteiger partial charge < -0.3 is 9.15 Å². The second kappa shape index (κ2) is 6.16. The van der Waals surface area contributed by atoms with Crippen molar-refractivity contribution < 1.29 is 9.15 Å². The highest BCUT2D eigenvalue weighted by atomic mass is 16.5. The molecule has 0 N–H and O–H groups in total. The summed E-state index contributed by atoms with van der Waals surface area (Å²) in [6, 6.07) is 22.1. The Hall–Kier alpha value is -3.14. The summed E-state index contributed by atoms with van der Waals surface area (Å²) in [4.78, 5) is 0. The molecule has 0 atom stereocenters. The summed E-state index contributed by atoms with van der Waals surface area (Å²) in [5, 5.41) is 10.5. The van der Waals surface area contributed by atoms with E-state index in [0.717, 1.165) is 16.7 Å². The summed E-state index contributed by atoms with van der Waals surface area (Å²) in [6.45, 7) is 2.29. The summed E-state index contributed by atoms with van der Waals surface area (Å²) in [5.41, 5.74) is 2.10. The normalized spacial score (nSPS) is 10.9. The summed E-state index contributed by atoms with van der Waals surface area (Å²) in [6.07, 6.45) is 0. The van der Waals surface area contributed by atoms with Gasteiger partial charge in [-0.3, -0.25) is 0 Å². The van der Waals surface area contributed by atoms with Crippen LogP contribution in [0.1, 0.15) is 11.5 Å². The number of rotatable bonds is 4. The van der Waals surface area contributed by atoms with Crippen LogP contribution in [0, 0.1) is 6.92 Å². The lowest BCUT2D eigenvalue weighted by Gasteiger charge is -2.04. The van der Waals surface area contributed by atoms with Gasteiger partial charge in [0.25, 0.3) is 5.89 Å². The second-order valence-corrected chi connectivity index (χ2v) is 5.66. The lowest BCUT2D eigenvalue weighted by molar-refractivity contribution is 0.265. The number of hydrogen-bond acceptors (Lipinski definition) is 4. The third kappa shape index (κ3) is 2.99. The number of hydrogen-bond donors (Lipinski definition) is 0. The minimum atomic E-state index is 0.247. The first-order chi connectivity index (χ1) is 11.8. The second-order valence-electron chi connectivity index (χ2n) is 5.66. The minimum absolute atomic E-state index is 0.247. The molecule has 0 radical (unpaired) electrons. The van der Waals surface area contributed by atoms with Crippen LogP contribution >= 0.6 is 0 Å². The van der Waals surface area contributed by atoms with Crippen molar-refractivity contribution in [1.29, 1.82) is 0 Å². The number of fused-ring (bicyclic) bond motifs is 1. The number of ether oxygens (including phenoxy) is 1. The Labute approximate surface area is 139 Å². The molecule has 0 fully saturated rings. The van der Waals surface area contributed by atoms with Crippen LogP contribution in [0.15, 0.2) is 71.1 Å². The third-order valence-corrected chi connectivity index (χ3v) is 3.85. The van der Waals surface area contributed by atoms with E-state index < -0.39 is 0 Å². The SMILES string of the molecule is Cc1ccc(-c2nnc(COc3ccc4ccccc4c3)o2)cc1. The van der Waals surface area contributed by atoms with E-state index in [0.29, 0.717) is 11.8 Å². The van der Waals surface area contributed by atoms with Crippen LogP contribution < -0.4 is 4.74 Å².